The monoisotopic (exact) mass is 388 g/mol. The molecule has 0 heterocycles. The first-order chi connectivity index (χ1) is 13.3. The maximum absolute atomic E-state index is 11.2. The number of fused-ring (bicyclic) bond motifs is 5. The van der Waals surface area contributed by atoms with Crippen molar-refractivity contribution in [3.8, 4) is 0 Å². The van der Waals surface area contributed by atoms with Gasteiger partial charge in [0.15, 0.2) is 0 Å². The minimum Gasteiger partial charge on any atom is -0.393 e. The molecule has 1 nitrogen and oxygen atoms in total. The molecule has 0 bridgehead atoms. The minimum atomic E-state index is -0.0172. The van der Waals surface area contributed by atoms with Crippen molar-refractivity contribution in [3.63, 3.8) is 0 Å². The van der Waals surface area contributed by atoms with Gasteiger partial charge in [-0.1, -0.05) is 66.7 Å². The largest absolute Gasteiger partial charge is 0.393 e. The Bertz CT molecular complexity index is 540. The van der Waals surface area contributed by atoms with Crippen molar-refractivity contribution in [2.24, 2.45) is 52.3 Å². The molecule has 0 spiro atoms. The molecule has 4 rings (SSSR count). The van der Waals surface area contributed by atoms with Gasteiger partial charge in [-0.2, -0.15) is 0 Å². The lowest BCUT2D eigenvalue weighted by atomic mass is 9.44. The number of aliphatic hydroxyl groups is 1. The summed E-state index contributed by atoms with van der Waals surface area (Å²) in [6.07, 6.45) is 16.6. The number of rotatable bonds is 5. The molecule has 1 heteroatoms. The van der Waals surface area contributed by atoms with Crippen molar-refractivity contribution in [2.75, 3.05) is 0 Å². The molecule has 162 valence electrons. The van der Waals surface area contributed by atoms with Gasteiger partial charge >= 0.3 is 0 Å². The molecule has 0 aromatic rings. The topological polar surface area (TPSA) is 20.2 Å². The molecule has 0 unspecified atom stereocenters. The van der Waals surface area contributed by atoms with E-state index in [1.807, 2.05) is 0 Å². The van der Waals surface area contributed by atoms with Crippen LogP contribution in [0.5, 0.6) is 0 Å². The second-order valence-electron chi connectivity index (χ2n) is 12.6. The summed E-state index contributed by atoms with van der Waals surface area (Å²) in [5.41, 5.74) is 0.985. The molecule has 0 radical (unpaired) electrons. The zero-order valence-electron chi connectivity index (χ0n) is 19.6. The van der Waals surface area contributed by atoms with E-state index in [2.05, 4.69) is 34.6 Å². The number of aliphatic hydroxyl groups excluding tert-OH is 1. The van der Waals surface area contributed by atoms with E-state index < -0.39 is 0 Å². The van der Waals surface area contributed by atoms with E-state index in [0.717, 1.165) is 41.9 Å². The molecule has 28 heavy (non-hydrogen) atoms. The van der Waals surface area contributed by atoms with Gasteiger partial charge in [-0.05, 0) is 97.2 Å². The van der Waals surface area contributed by atoms with Gasteiger partial charge < -0.3 is 5.11 Å². The van der Waals surface area contributed by atoms with Crippen LogP contribution in [-0.4, -0.2) is 11.2 Å². The maximum Gasteiger partial charge on any atom is 0.0576 e. The lowest BCUT2D eigenvalue weighted by Gasteiger charge is -2.62. The summed E-state index contributed by atoms with van der Waals surface area (Å²) in [6.45, 7) is 12.6. The SMILES string of the molecule is CC(C)CCC[C@@H](C)[C@H]1CC[C@H]2[C@@H]3C[C@H](O)[C@H]4CCCC[C@]4(C)[C@@H]3CC[C@]12C. The van der Waals surface area contributed by atoms with Crippen LogP contribution in [0.1, 0.15) is 112 Å². The van der Waals surface area contributed by atoms with Gasteiger partial charge in [0.2, 0.25) is 0 Å². The zero-order valence-corrected chi connectivity index (χ0v) is 19.6. The summed E-state index contributed by atoms with van der Waals surface area (Å²) >= 11 is 0. The van der Waals surface area contributed by atoms with Crippen molar-refractivity contribution in [3.05, 3.63) is 0 Å². The van der Waals surface area contributed by atoms with Crippen LogP contribution in [0.4, 0.5) is 0 Å². The summed E-state index contributed by atoms with van der Waals surface area (Å²) in [7, 11) is 0. The van der Waals surface area contributed by atoms with Crippen molar-refractivity contribution in [2.45, 2.75) is 118 Å². The van der Waals surface area contributed by atoms with E-state index in [0.29, 0.717) is 16.7 Å². The molecule has 0 aliphatic heterocycles. The van der Waals surface area contributed by atoms with Gasteiger partial charge in [-0.25, -0.2) is 0 Å². The molecule has 9 atom stereocenters. The first-order valence-corrected chi connectivity index (χ1v) is 13.0. The Kier molecular flexibility index (Phi) is 5.98. The van der Waals surface area contributed by atoms with Crippen molar-refractivity contribution < 1.29 is 5.11 Å². The quantitative estimate of drug-likeness (QED) is 0.518. The Balaban J connectivity index is 1.49. The Labute approximate surface area is 175 Å². The fourth-order valence-corrected chi connectivity index (χ4v) is 9.38. The van der Waals surface area contributed by atoms with Crippen LogP contribution in [0.3, 0.4) is 0 Å². The molecule has 4 fully saturated rings. The van der Waals surface area contributed by atoms with Gasteiger partial charge in [0, 0.05) is 0 Å². The lowest BCUT2D eigenvalue weighted by molar-refractivity contribution is -0.159. The van der Waals surface area contributed by atoms with Crippen LogP contribution < -0.4 is 0 Å². The summed E-state index contributed by atoms with van der Waals surface area (Å²) in [4.78, 5) is 0. The predicted octanol–water partition coefficient (Wildman–Crippen LogP) is 7.47. The van der Waals surface area contributed by atoms with Crippen LogP contribution in [-0.2, 0) is 0 Å². The molecular formula is C27H48O. The highest BCUT2D eigenvalue weighted by Crippen LogP contribution is 2.68. The van der Waals surface area contributed by atoms with Crippen molar-refractivity contribution >= 4 is 0 Å². The third-order valence-corrected chi connectivity index (χ3v) is 10.8. The highest BCUT2D eigenvalue weighted by Gasteiger charge is 2.61. The first-order valence-electron chi connectivity index (χ1n) is 13.0. The van der Waals surface area contributed by atoms with Gasteiger partial charge in [0.1, 0.15) is 0 Å². The standard InChI is InChI=1S/C27H48O/c1-18(2)9-8-10-19(3)21-12-13-22-20-17-25(28)24-11-6-7-15-26(24,4)23(20)14-16-27(21,22)5/h18-25,28H,6-17H2,1-5H3/t19-,20+,21-,22+,23-,24-,25+,26-,27-/m1/s1. The summed E-state index contributed by atoms with van der Waals surface area (Å²) < 4.78 is 0. The smallest absolute Gasteiger partial charge is 0.0576 e. The van der Waals surface area contributed by atoms with Crippen LogP contribution in [0.25, 0.3) is 0 Å². The molecule has 0 aromatic heterocycles. The Morgan fingerprint density at radius 3 is 2.32 bits per heavy atom. The van der Waals surface area contributed by atoms with Crippen LogP contribution in [0, 0.1) is 52.3 Å². The highest BCUT2D eigenvalue weighted by atomic mass is 16.3. The Hall–Kier alpha value is -0.0400. The molecule has 0 amide bonds. The summed E-state index contributed by atoms with van der Waals surface area (Å²) in [6, 6.07) is 0. The van der Waals surface area contributed by atoms with Gasteiger partial charge in [0.25, 0.3) is 0 Å². The highest BCUT2D eigenvalue weighted by molar-refractivity contribution is 5.10. The summed E-state index contributed by atoms with van der Waals surface area (Å²) in [5.74, 6) is 5.85. The van der Waals surface area contributed by atoms with Crippen LogP contribution in [0.2, 0.25) is 0 Å². The number of hydrogen-bond donors (Lipinski definition) is 1. The third-order valence-electron chi connectivity index (χ3n) is 10.8. The minimum absolute atomic E-state index is 0.0172. The molecule has 4 saturated carbocycles. The molecule has 4 aliphatic rings. The van der Waals surface area contributed by atoms with Crippen molar-refractivity contribution in [1.29, 1.82) is 0 Å². The molecule has 0 saturated heterocycles. The number of hydrogen-bond acceptors (Lipinski definition) is 1. The van der Waals surface area contributed by atoms with Crippen molar-refractivity contribution in [1.82, 2.24) is 0 Å². The molecule has 4 aliphatic carbocycles. The fourth-order valence-electron chi connectivity index (χ4n) is 9.38. The lowest BCUT2D eigenvalue weighted by Crippen LogP contribution is -2.57. The summed E-state index contributed by atoms with van der Waals surface area (Å²) in [5, 5.41) is 11.2. The van der Waals surface area contributed by atoms with E-state index in [4.69, 9.17) is 0 Å². The third kappa shape index (κ3) is 3.40. The van der Waals surface area contributed by atoms with Gasteiger partial charge in [-0.15, -0.1) is 0 Å². The normalized spacial score (nSPS) is 49.4. The molecule has 0 aromatic carbocycles. The average molecular weight is 389 g/mol. The zero-order chi connectivity index (χ0) is 20.1. The van der Waals surface area contributed by atoms with Gasteiger partial charge in [-0.3, -0.25) is 0 Å². The van der Waals surface area contributed by atoms with E-state index in [-0.39, 0.29) is 6.10 Å². The Morgan fingerprint density at radius 2 is 1.57 bits per heavy atom. The average Bonchev–Trinajstić information content (AvgIpc) is 2.99. The first kappa shape index (κ1) is 21.2. The second-order valence-corrected chi connectivity index (χ2v) is 12.6. The molecular weight excluding hydrogens is 340 g/mol. The van der Waals surface area contributed by atoms with Crippen LogP contribution >= 0.6 is 0 Å². The van der Waals surface area contributed by atoms with E-state index >= 15 is 0 Å². The van der Waals surface area contributed by atoms with E-state index in [1.54, 1.807) is 0 Å². The Morgan fingerprint density at radius 1 is 0.821 bits per heavy atom. The van der Waals surface area contributed by atoms with Crippen LogP contribution in [0.15, 0.2) is 0 Å². The van der Waals surface area contributed by atoms with E-state index in [9.17, 15) is 5.11 Å². The molecule has 1 N–H and O–H groups in total. The maximum atomic E-state index is 11.2. The van der Waals surface area contributed by atoms with Gasteiger partial charge in [0.05, 0.1) is 6.10 Å². The fraction of sp³-hybridized carbons (Fsp3) is 1.00. The predicted molar refractivity (Wildman–Crippen MR) is 119 cm³/mol. The second kappa shape index (κ2) is 7.90. The van der Waals surface area contributed by atoms with E-state index in [1.165, 1.54) is 70.6 Å².